The molecule has 6 nitrogen and oxygen atoms in total. The molecule has 0 aromatic heterocycles. The SMILES string of the molecule is CC(C)(C)CC(C)(C)c1ccc(OS(=O)(=O)c2cc([N+]#N)c([O-])c3cc(Cl)ccc23)cc1. The minimum atomic E-state index is -4.33. The maximum absolute atomic E-state index is 13.1. The van der Waals surface area contributed by atoms with Crippen molar-refractivity contribution in [2.24, 2.45) is 5.41 Å². The highest BCUT2D eigenvalue weighted by Crippen LogP contribution is 2.40. The van der Waals surface area contributed by atoms with Crippen LogP contribution < -0.4 is 9.29 Å². The molecule has 168 valence electrons. The first-order valence-corrected chi connectivity index (χ1v) is 11.9. The predicted octanol–water partition coefficient (Wildman–Crippen LogP) is 6.53. The summed E-state index contributed by atoms with van der Waals surface area (Å²) in [5.41, 5.74) is 0.678. The number of rotatable bonds is 5. The molecule has 0 saturated carbocycles. The Kier molecular flexibility index (Phi) is 6.16. The average molecular weight is 473 g/mol. The summed E-state index contributed by atoms with van der Waals surface area (Å²) in [7, 11) is -4.33. The largest absolute Gasteiger partial charge is 0.867 e. The van der Waals surface area contributed by atoms with Crippen molar-refractivity contribution >= 4 is 38.2 Å². The Labute approximate surface area is 193 Å². The first-order chi connectivity index (χ1) is 14.7. The van der Waals surface area contributed by atoms with E-state index in [2.05, 4.69) is 39.6 Å². The number of benzene rings is 3. The molecular weight excluding hydrogens is 448 g/mol. The van der Waals surface area contributed by atoms with Gasteiger partial charge < -0.3 is 9.29 Å². The van der Waals surface area contributed by atoms with Crippen LogP contribution in [-0.4, -0.2) is 8.42 Å². The molecule has 0 aliphatic heterocycles. The van der Waals surface area contributed by atoms with E-state index in [1.165, 1.54) is 18.2 Å². The molecule has 3 aromatic rings. The van der Waals surface area contributed by atoms with Crippen molar-refractivity contribution in [1.82, 2.24) is 0 Å². The van der Waals surface area contributed by atoms with Crippen LogP contribution in [0.15, 0.2) is 53.4 Å². The smallest absolute Gasteiger partial charge is 0.379 e. The average Bonchev–Trinajstić information content (AvgIpc) is 2.67. The van der Waals surface area contributed by atoms with Crippen molar-refractivity contribution in [3.8, 4) is 11.5 Å². The third-order valence-electron chi connectivity index (χ3n) is 5.18. The fraction of sp³-hybridized carbons (Fsp3) is 0.333. The molecule has 0 unspecified atom stereocenters. The van der Waals surface area contributed by atoms with Gasteiger partial charge in [0, 0.05) is 10.4 Å². The zero-order valence-electron chi connectivity index (χ0n) is 18.6. The molecule has 8 heteroatoms. The Morgan fingerprint density at radius 3 is 2.19 bits per heavy atom. The summed E-state index contributed by atoms with van der Waals surface area (Å²) in [5, 5.41) is 22.0. The second kappa shape index (κ2) is 8.27. The number of hydrogen-bond donors (Lipinski definition) is 0. The lowest BCUT2D eigenvalue weighted by Crippen LogP contribution is -2.24. The molecule has 0 N–H and O–H groups in total. The first-order valence-electron chi connectivity index (χ1n) is 10.1. The highest BCUT2D eigenvalue weighted by Gasteiger charge is 2.28. The van der Waals surface area contributed by atoms with Crippen molar-refractivity contribution in [2.45, 2.75) is 51.3 Å². The zero-order valence-corrected chi connectivity index (χ0v) is 20.2. The van der Waals surface area contributed by atoms with Crippen LogP contribution in [0.1, 0.15) is 46.6 Å². The summed E-state index contributed by atoms with van der Waals surface area (Å²) in [6.45, 7) is 10.8. The molecular formula is C24H25ClN2O4S. The van der Waals surface area contributed by atoms with E-state index in [1.807, 2.05) is 12.1 Å². The third-order valence-corrected chi connectivity index (χ3v) is 6.71. The van der Waals surface area contributed by atoms with Crippen LogP contribution in [0, 0.1) is 10.8 Å². The standard InChI is InChI=1S/C24H25ClN2O4S/c1-23(2,3)14-24(4,5)15-6-9-17(10-7-15)31-32(29,30)21-13-20(27-26)22(28)19-12-16(25)8-11-18(19)21/h6-13H,14H2,1-5H3. The zero-order chi connectivity index (χ0) is 23.9. The van der Waals surface area contributed by atoms with E-state index >= 15 is 0 Å². The number of fused-ring (bicyclic) bond motifs is 1. The van der Waals surface area contributed by atoms with Gasteiger partial charge >= 0.3 is 15.8 Å². The van der Waals surface area contributed by atoms with E-state index in [4.69, 9.17) is 15.8 Å². The maximum Gasteiger partial charge on any atom is 0.379 e. The minimum absolute atomic E-state index is 0.0225. The van der Waals surface area contributed by atoms with E-state index in [-0.39, 0.29) is 37.3 Å². The Morgan fingerprint density at radius 1 is 1.00 bits per heavy atom. The van der Waals surface area contributed by atoms with Gasteiger partial charge in [-0.25, -0.2) is 0 Å². The van der Waals surface area contributed by atoms with Gasteiger partial charge in [-0.05, 0) is 58.2 Å². The molecule has 0 aliphatic carbocycles. The molecule has 0 fully saturated rings. The molecule has 0 heterocycles. The van der Waals surface area contributed by atoms with Gasteiger partial charge in [-0.2, -0.15) is 8.42 Å². The predicted molar refractivity (Wildman–Crippen MR) is 125 cm³/mol. The Hall–Kier alpha value is -2.82. The molecule has 0 spiro atoms. The Morgan fingerprint density at radius 2 is 1.62 bits per heavy atom. The summed E-state index contributed by atoms with van der Waals surface area (Å²) < 4.78 is 31.5. The Balaban J connectivity index is 2.00. The van der Waals surface area contributed by atoms with Crippen molar-refractivity contribution in [2.75, 3.05) is 0 Å². The molecule has 0 radical (unpaired) electrons. The molecule has 32 heavy (non-hydrogen) atoms. The molecule has 0 saturated heterocycles. The minimum Gasteiger partial charge on any atom is -0.867 e. The van der Waals surface area contributed by atoms with E-state index in [0.717, 1.165) is 18.1 Å². The quantitative estimate of drug-likeness (QED) is 0.310. The Bertz CT molecular complexity index is 1320. The van der Waals surface area contributed by atoms with Crippen LogP contribution >= 0.6 is 11.6 Å². The molecule has 0 atom stereocenters. The van der Waals surface area contributed by atoms with Gasteiger partial charge in [-0.3, -0.25) is 0 Å². The highest BCUT2D eigenvalue weighted by molar-refractivity contribution is 7.87. The monoisotopic (exact) mass is 472 g/mol. The van der Waals surface area contributed by atoms with Crippen molar-refractivity contribution < 1.29 is 17.7 Å². The fourth-order valence-electron chi connectivity index (χ4n) is 4.17. The van der Waals surface area contributed by atoms with E-state index in [1.54, 1.807) is 12.1 Å². The van der Waals surface area contributed by atoms with Crippen molar-refractivity contribution in [3.05, 3.63) is 64.1 Å². The van der Waals surface area contributed by atoms with Gasteiger partial charge in [0.2, 0.25) is 5.39 Å². The van der Waals surface area contributed by atoms with Crippen molar-refractivity contribution in [3.63, 3.8) is 0 Å². The summed E-state index contributed by atoms with van der Waals surface area (Å²) in [4.78, 5) is 2.64. The fourth-order valence-corrected chi connectivity index (χ4v) is 5.50. The van der Waals surface area contributed by atoms with E-state index in [0.29, 0.717) is 0 Å². The lowest BCUT2D eigenvalue weighted by molar-refractivity contribution is -0.264. The third kappa shape index (κ3) is 4.98. The van der Waals surface area contributed by atoms with Crippen LogP contribution in [0.2, 0.25) is 5.02 Å². The van der Waals surface area contributed by atoms with Gasteiger partial charge in [0.25, 0.3) is 0 Å². The number of halogens is 1. The first kappa shape index (κ1) is 23.8. The topological polar surface area (TPSA) is 94.6 Å². The summed E-state index contributed by atoms with van der Waals surface area (Å²) >= 11 is 5.96. The van der Waals surface area contributed by atoms with Gasteiger partial charge in [0.05, 0.1) is 6.07 Å². The number of nitrogens with zero attached hydrogens (tertiary/aromatic N) is 2. The normalized spacial score (nSPS) is 12.5. The maximum atomic E-state index is 13.1. The molecule has 0 amide bonds. The number of diazo groups is 1. The van der Waals surface area contributed by atoms with E-state index < -0.39 is 21.6 Å². The second-order valence-corrected chi connectivity index (χ2v) is 11.6. The summed E-state index contributed by atoms with van der Waals surface area (Å²) in [6, 6.07) is 12.1. The summed E-state index contributed by atoms with van der Waals surface area (Å²) in [6.07, 6.45) is 0.946. The molecule has 0 aliphatic rings. The molecule has 3 aromatic carbocycles. The van der Waals surface area contributed by atoms with Gasteiger partial charge in [0.15, 0.2) is 4.98 Å². The second-order valence-electron chi connectivity index (χ2n) is 9.70. The van der Waals surface area contributed by atoms with Crippen LogP contribution in [0.4, 0.5) is 5.69 Å². The van der Waals surface area contributed by atoms with Gasteiger partial charge in [-0.15, -0.1) is 0 Å². The van der Waals surface area contributed by atoms with Gasteiger partial charge in [-0.1, -0.05) is 64.4 Å². The molecule has 0 bridgehead atoms. The molecule has 3 rings (SSSR count). The summed E-state index contributed by atoms with van der Waals surface area (Å²) in [5.74, 6) is -0.495. The lowest BCUT2D eigenvalue weighted by Gasteiger charge is -2.33. The number of hydrogen-bond acceptors (Lipinski definition) is 5. The highest BCUT2D eigenvalue weighted by atomic mass is 35.5. The van der Waals surface area contributed by atoms with Crippen LogP contribution in [0.5, 0.6) is 11.5 Å². The van der Waals surface area contributed by atoms with E-state index in [9.17, 15) is 18.9 Å². The van der Waals surface area contributed by atoms with Crippen LogP contribution in [-0.2, 0) is 15.5 Å². The van der Waals surface area contributed by atoms with Gasteiger partial charge in [0.1, 0.15) is 10.6 Å². The van der Waals surface area contributed by atoms with Crippen molar-refractivity contribution in [1.29, 1.82) is 5.39 Å². The van der Waals surface area contributed by atoms with Crippen LogP contribution in [0.25, 0.3) is 15.7 Å². The van der Waals surface area contributed by atoms with Crippen LogP contribution in [0.3, 0.4) is 0 Å². The lowest BCUT2D eigenvalue weighted by atomic mass is 9.72.